The zero-order valence-electron chi connectivity index (χ0n) is 17.0. The van der Waals surface area contributed by atoms with Gasteiger partial charge in [0.1, 0.15) is 22.7 Å². The van der Waals surface area contributed by atoms with Crippen LogP contribution in [0, 0.1) is 0 Å². The number of hydrogen-bond donors (Lipinski definition) is 1. The fourth-order valence-corrected chi connectivity index (χ4v) is 6.06. The van der Waals surface area contributed by atoms with Crippen molar-refractivity contribution in [3.05, 3.63) is 40.4 Å². The summed E-state index contributed by atoms with van der Waals surface area (Å²) < 4.78 is 5.07. The van der Waals surface area contributed by atoms with Crippen LogP contribution in [0.15, 0.2) is 23.0 Å². The number of carbonyl (C=O) groups excluding carboxylic acids is 1. The van der Waals surface area contributed by atoms with E-state index < -0.39 is 0 Å². The van der Waals surface area contributed by atoms with E-state index in [1.54, 1.807) is 12.3 Å². The Labute approximate surface area is 179 Å². The number of nitrogens with zero attached hydrogens (tertiary/aromatic N) is 3. The van der Waals surface area contributed by atoms with Crippen LogP contribution in [-0.2, 0) is 12.8 Å². The standard InChI is InChI=1S/C23H26N4O2S/c28-23(15-9-12-29-13-15)27-10-7-16(8-11-27)24-21-19-17-3-1-2-4-18(17)30-22(19)26-20(25-21)14-5-6-14/h9,12-14,16H,1-8,10-11H2,(H,24,25,26). The number of furan rings is 1. The van der Waals surface area contributed by atoms with Crippen molar-refractivity contribution < 1.29 is 9.21 Å². The molecule has 0 unspecified atom stereocenters. The molecule has 0 bridgehead atoms. The van der Waals surface area contributed by atoms with Gasteiger partial charge in [-0.25, -0.2) is 9.97 Å². The van der Waals surface area contributed by atoms with Crippen LogP contribution in [0.4, 0.5) is 5.82 Å². The molecule has 1 saturated heterocycles. The summed E-state index contributed by atoms with van der Waals surface area (Å²) in [5, 5.41) is 5.05. The zero-order valence-corrected chi connectivity index (χ0v) is 17.8. The number of thiophene rings is 1. The molecular weight excluding hydrogens is 396 g/mol. The Morgan fingerprint density at radius 2 is 1.97 bits per heavy atom. The molecule has 1 amide bonds. The Hall–Kier alpha value is -2.41. The molecule has 1 saturated carbocycles. The van der Waals surface area contributed by atoms with Crippen LogP contribution in [-0.4, -0.2) is 39.9 Å². The number of likely N-dealkylation sites (tertiary alicyclic amines) is 1. The highest BCUT2D eigenvalue weighted by Gasteiger charge is 2.31. The van der Waals surface area contributed by atoms with E-state index in [0.29, 0.717) is 17.5 Å². The Kier molecular flexibility index (Phi) is 4.52. The maximum Gasteiger partial charge on any atom is 0.257 e. The van der Waals surface area contributed by atoms with Crippen LogP contribution < -0.4 is 5.32 Å². The number of piperidine rings is 1. The van der Waals surface area contributed by atoms with Gasteiger partial charge in [-0.3, -0.25) is 4.79 Å². The smallest absolute Gasteiger partial charge is 0.257 e. The summed E-state index contributed by atoms with van der Waals surface area (Å²) in [7, 11) is 0. The van der Waals surface area contributed by atoms with E-state index in [1.807, 2.05) is 16.2 Å². The molecule has 30 heavy (non-hydrogen) atoms. The average molecular weight is 423 g/mol. The fraction of sp³-hybridized carbons (Fsp3) is 0.522. The Morgan fingerprint density at radius 3 is 2.73 bits per heavy atom. The van der Waals surface area contributed by atoms with Crippen LogP contribution in [0.2, 0.25) is 0 Å². The fourth-order valence-electron chi connectivity index (χ4n) is 4.79. The summed E-state index contributed by atoms with van der Waals surface area (Å²) in [6.45, 7) is 1.51. The molecule has 1 N–H and O–H groups in total. The first-order chi connectivity index (χ1) is 14.8. The van der Waals surface area contributed by atoms with E-state index in [-0.39, 0.29) is 5.91 Å². The highest BCUT2D eigenvalue weighted by molar-refractivity contribution is 7.19. The third-order valence-corrected chi connectivity index (χ3v) is 7.85. The van der Waals surface area contributed by atoms with Gasteiger partial charge in [0.05, 0.1) is 17.2 Å². The van der Waals surface area contributed by atoms with E-state index in [1.165, 1.54) is 59.0 Å². The van der Waals surface area contributed by atoms with Crippen LogP contribution >= 0.6 is 11.3 Å². The lowest BCUT2D eigenvalue weighted by atomic mass is 9.96. The molecular formula is C23H26N4O2S. The molecule has 156 valence electrons. The lowest BCUT2D eigenvalue weighted by molar-refractivity contribution is 0.0717. The minimum atomic E-state index is 0.0644. The second kappa shape index (κ2) is 7.38. The Morgan fingerprint density at radius 1 is 1.13 bits per heavy atom. The molecule has 2 fully saturated rings. The molecule has 6 nitrogen and oxygen atoms in total. The minimum absolute atomic E-state index is 0.0644. The molecule has 0 atom stereocenters. The molecule has 0 spiro atoms. The van der Waals surface area contributed by atoms with Crippen LogP contribution in [0.5, 0.6) is 0 Å². The molecule has 1 aliphatic heterocycles. The highest BCUT2D eigenvalue weighted by Crippen LogP contribution is 2.43. The molecule has 3 aromatic heterocycles. The molecule has 4 heterocycles. The van der Waals surface area contributed by atoms with Gasteiger partial charge in [-0.1, -0.05) is 0 Å². The summed E-state index contributed by atoms with van der Waals surface area (Å²) in [6.07, 6.45) is 12.3. The highest BCUT2D eigenvalue weighted by atomic mass is 32.1. The van der Waals surface area contributed by atoms with Gasteiger partial charge < -0.3 is 14.6 Å². The molecule has 6 rings (SSSR count). The van der Waals surface area contributed by atoms with Gasteiger partial charge in [-0.05, 0) is 63.0 Å². The quantitative estimate of drug-likeness (QED) is 0.656. The van der Waals surface area contributed by atoms with Crippen molar-refractivity contribution in [3.63, 3.8) is 0 Å². The lowest BCUT2D eigenvalue weighted by Gasteiger charge is -2.32. The molecule has 3 aliphatic rings. The molecule has 0 radical (unpaired) electrons. The van der Waals surface area contributed by atoms with Crippen molar-refractivity contribution in [3.8, 4) is 0 Å². The van der Waals surface area contributed by atoms with Gasteiger partial charge in [0, 0.05) is 29.9 Å². The number of aromatic nitrogens is 2. The summed E-state index contributed by atoms with van der Waals surface area (Å²) in [6, 6.07) is 2.08. The predicted molar refractivity (Wildman–Crippen MR) is 117 cm³/mol. The summed E-state index contributed by atoms with van der Waals surface area (Å²) in [5.41, 5.74) is 2.12. The van der Waals surface area contributed by atoms with Crippen molar-refractivity contribution in [1.29, 1.82) is 0 Å². The third kappa shape index (κ3) is 3.29. The number of hydrogen-bond acceptors (Lipinski definition) is 6. The second-order valence-corrected chi connectivity index (χ2v) is 9.90. The van der Waals surface area contributed by atoms with Gasteiger partial charge in [0.25, 0.3) is 5.91 Å². The SMILES string of the molecule is O=C(c1ccoc1)N1CCC(Nc2nc(C3CC3)nc3sc4c(c23)CCCC4)CC1. The van der Waals surface area contributed by atoms with Crippen molar-refractivity contribution in [1.82, 2.24) is 14.9 Å². The molecule has 0 aromatic carbocycles. The normalized spacial score (nSPS) is 19.8. The Bertz CT molecular complexity index is 1080. The van der Waals surface area contributed by atoms with E-state index in [4.69, 9.17) is 14.4 Å². The van der Waals surface area contributed by atoms with E-state index >= 15 is 0 Å². The predicted octanol–water partition coefficient (Wildman–Crippen LogP) is 4.76. The van der Waals surface area contributed by atoms with E-state index in [9.17, 15) is 4.79 Å². The minimum Gasteiger partial charge on any atom is -0.472 e. The van der Waals surface area contributed by atoms with Crippen LogP contribution in [0.3, 0.4) is 0 Å². The number of rotatable bonds is 4. The van der Waals surface area contributed by atoms with E-state index in [0.717, 1.165) is 44.0 Å². The van der Waals surface area contributed by atoms with Gasteiger partial charge in [0.15, 0.2) is 0 Å². The maximum absolute atomic E-state index is 12.6. The van der Waals surface area contributed by atoms with Crippen molar-refractivity contribution in [2.24, 2.45) is 0 Å². The van der Waals surface area contributed by atoms with Crippen LogP contribution in [0.25, 0.3) is 10.2 Å². The van der Waals surface area contributed by atoms with Gasteiger partial charge in [0.2, 0.25) is 0 Å². The maximum atomic E-state index is 12.6. The second-order valence-electron chi connectivity index (χ2n) is 8.82. The van der Waals surface area contributed by atoms with Gasteiger partial charge >= 0.3 is 0 Å². The monoisotopic (exact) mass is 422 g/mol. The first-order valence-corrected chi connectivity index (χ1v) is 12.0. The largest absolute Gasteiger partial charge is 0.472 e. The topological polar surface area (TPSA) is 71.3 Å². The number of anilines is 1. The summed E-state index contributed by atoms with van der Waals surface area (Å²) in [5.74, 6) is 2.68. The zero-order chi connectivity index (χ0) is 20.1. The van der Waals surface area contributed by atoms with Crippen molar-refractivity contribution >= 4 is 33.3 Å². The molecule has 3 aromatic rings. The number of amides is 1. The number of carbonyl (C=O) groups is 1. The third-order valence-electron chi connectivity index (χ3n) is 6.67. The van der Waals surface area contributed by atoms with Crippen molar-refractivity contribution in [2.75, 3.05) is 18.4 Å². The molecule has 7 heteroatoms. The molecule has 2 aliphatic carbocycles. The number of fused-ring (bicyclic) bond motifs is 3. The Balaban J connectivity index is 1.24. The first-order valence-electron chi connectivity index (χ1n) is 11.2. The summed E-state index contributed by atoms with van der Waals surface area (Å²) >= 11 is 1.89. The van der Waals surface area contributed by atoms with Crippen LogP contribution in [0.1, 0.15) is 71.1 Å². The number of nitrogens with one attached hydrogen (secondary N) is 1. The van der Waals surface area contributed by atoms with E-state index in [2.05, 4.69) is 5.32 Å². The lowest BCUT2D eigenvalue weighted by Crippen LogP contribution is -2.42. The van der Waals surface area contributed by atoms with Gasteiger partial charge in [-0.2, -0.15) is 0 Å². The number of aryl methyl sites for hydroxylation is 2. The van der Waals surface area contributed by atoms with Crippen molar-refractivity contribution in [2.45, 2.75) is 63.3 Å². The summed E-state index contributed by atoms with van der Waals surface area (Å²) in [4.78, 5) is 27.2. The van der Waals surface area contributed by atoms with Gasteiger partial charge in [-0.15, -0.1) is 11.3 Å². The average Bonchev–Trinajstić information content (AvgIpc) is 3.34. The first kappa shape index (κ1) is 18.4.